The van der Waals surface area contributed by atoms with Gasteiger partial charge in [0.1, 0.15) is 6.29 Å². The first kappa shape index (κ1) is 11.5. The molecular weight excluding hydrogens is 212 g/mol. The first-order valence-electron chi connectivity index (χ1n) is 5.42. The molecular formula is C14H14N2O. The van der Waals surface area contributed by atoms with Crippen molar-refractivity contribution in [1.29, 1.82) is 0 Å². The van der Waals surface area contributed by atoms with E-state index >= 15 is 0 Å². The normalized spacial score (nSPS) is 10.2. The van der Waals surface area contributed by atoms with Gasteiger partial charge in [-0.3, -0.25) is 16.1 Å². The molecule has 0 spiro atoms. The summed E-state index contributed by atoms with van der Waals surface area (Å²) in [4.78, 5) is 10.6. The average molecular weight is 226 g/mol. The molecule has 3 heteroatoms. The molecule has 0 amide bonds. The van der Waals surface area contributed by atoms with E-state index in [0.717, 1.165) is 23.0 Å². The van der Waals surface area contributed by atoms with E-state index < -0.39 is 0 Å². The highest BCUT2D eigenvalue weighted by atomic mass is 16.1. The molecule has 3 nitrogen and oxygen atoms in total. The predicted octanol–water partition coefficient (Wildman–Crippen LogP) is 2.13. The number of rotatable bonds is 4. The Kier molecular flexibility index (Phi) is 3.65. The van der Waals surface area contributed by atoms with Crippen molar-refractivity contribution in [3.63, 3.8) is 0 Å². The number of carbonyl (C=O) groups is 1. The fourth-order valence-corrected chi connectivity index (χ4v) is 1.81. The third-order valence-electron chi connectivity index (χ3n) is 2.67. The fraction of sp³-hybridized carbons (Fsp3) is 0.0714. The smallest absolute Gasteiger partial charge is 0.150 e. The van der Waals surface area contributed by atoms with Gasteiger partial charge in [0.05, 0.1) is 0 Å². The number of hydrogen-bond donors (Lipinski definition) is 2. The van der Waals surface area contributed by atoms with Crippen LogP contribution in [-0.2, 0) is 6.54 Å². The molecule has 3 N–H and O–H groups in total. The third kappa shape index (κ3) is 2.58. The standard InChI is InChI=1S/C14H14N2O/c15-16-9-13-3-1-2-4-14(13)12-7-5-11(10-17)6-8-12/h1-8,10,16H,9,15H2. The molecule has 86 valence electrons. The van der Waals surface area contributed by atoms with Crippen LogP contribution in [-0.4, -0.2) is 6.29 Å². The van der Waals surface area contributed by atoms with E-state index in [1.54, 1.807) is 0 Å². The Labute approximate surface area is 100 Å². The van der Waals surface area contributed by atoms with Crippen LogP contribution in [0, 0.1) is 0 Å². The molecule has 0 saturated carbocycles. The van der Waals surface area contributed by atoms with Crippen molar-refractivity contribution < 1.29 is 4.79 Å². The number of aldehydes is 1. The highest BCUT2D eigenvalue weighted by Crippen LogP contribution is 2.23. The monoisotopic (exact) mass is 226 g/mol. The molecule has 0 aliphatic carbocycles. The Morgan fingerprint density at radius 1 is 1.06 bits per heavy atom. The van der Waals surface area contributed by atoms with Crippen LogP contribution in [0.15, 0.2) is 48.5 Å². The second-order valence-corrected chi connectivity index (χ2v) is 3.78. The van der Waals surface area contributed by atoms with Crippen LogP contribution in [0.3, 0.4) is 0 Å². The summed E-state index contributed by atoms with van der Waals surface area (Å²) >= 11 is 0. The van der Waals surface area contributed by atoms with Crippen molar-refractivity contribution in [3.8, 4) is 11.1 Å². The van der Waals surface area contributed by atoms with Crippen molar-refractivity contribution in [2.24, 2.45) is 5.84 Å². The minimum atomic E-state index is 0.617. The van der Waals surface area contributed by atoms with Crippen molar-refractivity contribution >= 4 is 6.29 Å². The van der Waals surface area contributed by atoms with E-state index in [1.165, 1.54) is 0 Å². The summed E-state index contributed by atoms with van der Waals surface area (Å²) in [7, 11) is 0. The van der Waals surface area contributed by atoms with Crippen LogP contribution in [0.2, 0.25) is 0 Å². The zero-order chi connectivity index (χ0) is 12.1. The first-order chi connectivity index (χ1) is 8.35. The van der Waals surface area contributed by atoms with Crippen molar-refractivity contribution in [2.75, 3.05) is 0 Å². The Morgan fingerprint density at radius 2 is 1.76 bits per heavy atom. The van der Waals surface area contributed by atoms with E-state index in [4.69, 9.17) is 5.84 Å². The lowest BCUT2D eigenvalue weighted by Crippen LogP contribution is -2.21. The molecule has 0 unspecified atom stereocenters. The average Bonchev–Trinajstić information content (AvgIpc) is 2.40. The van der Waals surface area contributed by atoms with Gasteiger partial charge < -0.3 is 0 Å². The molecule has 2 aromatic rings. The zero-order valence-corrected chi connectivity index (χ0v) is 9.39. The lowest BCUT2D eigenvalue weighted by atomic mass is 9.99. The second-order valence-electron chi connectivity index (χ2n) is 3.78. The van der Waals surface area contributed by atoms with E-state index in [1.807, 2.05) is 48.5 Å². The summed E-state index contributed by atoms with van der Waals surface area (Å²) in [5.41, 5.74) is 6.69. The van der Waals surface area contributed by atoms with Gasteiger partial charge in [-0.05, 0) is 16.7 Å². The summed E-state index contributed by atoms with van der Waals surface area (Å²) in [6.45, 7) is 0.617. The molecule has 0 heterocycles. The fourth-order valence-electron chi connectivity index (χ4n) is 1.81. The molecule has 0 fully saturated rings. The van der Waals surface area contributed by atoms with E-state index in [9.17, 15) is 4.79 Å². The lowest BCUT2D eigenvalue weighted by molar-refractivity contribution is 0.112. The second kappa shape index (κ2) is 5.39. The predicted molar refractivity (Wildman–Crippen MR) is 68.3 cm³/mol. The number of hydrazine groups is 1. The zero-order valence-electron chi connectivity index (χ0n) is 9.39. The number of nitrogens with two attached hydrogens (primary N) is 1. The number of carbonyl (C=O) groups excluding carboxylic acids is 1. The minimum Gasteiger partial charge on any atom is -0.298 e. The Balaban J connectivity index is 2.40. The maximum atomic E-state index is 10.6. The Hall–Kier alpha value is -1.97. The van der Waals surface area contributed by atoms with E-state index in [-0.39, 0.29) is 0 Å². The third-order valence-corrected chi connectivity index (χ3v) is 2.67. The molecule has 0 saturated heterocycles. The summed E-state index contributed by atoms with van der Waals surface area (Å²) in [5.74, 6) is 5.36. The molecule has 0 atom stereocenters. The molecule has 0 radical (unpaired) electrons. The summed E-state index contributed by atoms with van der Waals surface area (Å²) in [6, 6.07) is 15.6. The van der Waals surface area contributed by atoms with Gasteiger partial charge in [-0.25, -0.2) is 0 Å². The topological polar surface area (TPSA) is 55.1 Å². The molecule has 0 aromatic heterocycles. The lowest BCUT2D eigenvalue weighted by Gasteiger charge is -2.09. The molecule has 0 bridgehead atoms. The first-order valence-corrected chi connectivity index (χ1v) is 5.42. The highest BCUT2D eigenvalue weighted by molar-refractivity contribution is 5.77. The quantitative estimate of drug-likeness (QED) is 0.477. The van der Waals surface area contributed by atoms with Crippen LogP contribution < -0.4 is 11.3 Å². The molecule has 17 heavy (non-hydrogen) atoms. The summed E-state index contributed by atoms with van der Waals surface area (Å²) in [5, 5.41) is 0. The molecule has 0 aliphatic heterocycles. The van der Waals surface area contributed by atoms with Gasteiger partial charge in [0.25, 0.3) is 0 Å². The largest absolute Gasteiger partial charge is 0.298 e. The van der Waals surface area contributed by atoms with Crippen LogP contribution in [0.1, 0.15) is 15.9 Å². The Morgan fingerprint density at radius 3 is 2.41 bits per heavy atom. The van der Waals surface area contributed by atoms with Crippen molar-refractivity contribution in [3.05, 3.63) is 59.7 Å². The van der Waals surface area contributed by atoms with Gasteiger partial charge in [0.15, 0.2) is 0 Å². The van der Waals surface area contributed by atoms with Gasteiger partial charge in [-0.2, -0.15) is 0 Å². The number of nitrogens with one attached hydrogen (secondary N) is 1. The van der Waals surface area contributed by atoms with E-state index in [2.05, 4.69) is 5.43 Å². The Bertz CT molecular complexity index is 506. The molecule has 0 aliphatic rings. The molecule has 2 aromatic carbocycles. The van der Waals surface area contributed by atoms with Crippen LogP contribution >= 0.6 is 0 Å². The van der Waals surface area contributed by atoms with Gasteiger partial charge in [-0.1, -0.05) is 48.5 Å². The maximum Gasteiger partial charge on any atom is 0.150 e. The minimum absolute atomic E-state index is 0.617. The van der Waals surface area contributed by atoms with Crippen LogP contribution in [0.25, 0.3) is 11.1 Å². The van der Waals surface area contributed by atoms with Crippen molar-refractivity contribution in [2.45, 2.75) is 6.54 Å². The van der Waals surface area contributed by atoms with Gasteiger partial charge in [0, 0.05) is 12.1 Å². The van der Waals surface area contributed by atoms with Gasteiger partial charge >= 0.3 is 0 Å². The summed E-state index contributed by atoms with van der Waals surface area (Å²) in [6.07, 6.45) is 0.844. The van der Waals surface area contributed by atoms with Crippen LogP contribution in [0.5, 0.6) is 0 Å². The molecule has 2 rings (SSSR count). The van der Waals surface area contributed by atoms with E-state index in [0.29, 0.717) is 12.1 Å². The number of benzene rings is 2. The maximum absolute atomic E-state index is 10.6. The highest BCUT2D eigenvalue weighted by Gasteiger charge is 2.03. The van der Waals surface area contributed by atoms with Gasteiger partial charge in [-0.15, -0.1) is 0 Å². The van der Waals surface area contributed by atoms with Crippen molar-refractivity contribution in [1.82, 2.24) is 5.43 Å². The van der Waals surface area contributed by atoms with Crippen LogP contribution in [0.4, 0.5) is 0 Å². The number of hydrogen-bond acceptors (Lipinski definition) is 3. The summed E-state index contributed by atoms with van der Waals surface area (Å²) < 4.78 is 0. The SMILES string of the molecule is NNCc1ccccc1-c1ccc(C=O)cc1. The van der Waals surface area contributed by atoms with Gasteiger partial charge in [0.2, 0.25) is 0 Å².